The van der Waals surface area contributed by atoms with Crippen LogP contribution in [-0.2, 0) is 9.47 Å². The van der Waals surface area contributed by atoms with Gasteiger partial charge in [-0.25, -0.2) is 0 Å². The number of aliphatic hydroxyl groups is 1. The van der Waals surface area contributed by atoms with Crippen LogP contribution in [-0.4, -0.2) is 54.7 Å². The van der Waals surface area contributed by atoms with Crippen LogP contribution in [0.15, 0.2) is 12.7 Å². The lowest BCUT2D eigenvalue weighted by Gasteiger charge is -2.47. The van der Waals surface area contributed by atoms with Crippen LogP contribution in [0.1, 0.15) is 39.5 Å². The van der Waals surface area contributed by atoms with Crippen LogP contribution in [0.25, 0.3) is 0 Å². The Hall–Kier alpha value is -0.420. The fourth-order valence-electron chi connectivity index (χ4n) is 2.80. The molecule has 2 saturated heterocycles. The molecule has 2 fully saturated rings. The van der Waals surface area contributed by atoms with Crippen molar-refractivity contribution in [3.8, 4) is 0 Å². The van der Waals surface area contributed by atoms with Gasteiger partial charge in [0.25, 0.3) is 0 Å². The lowest BCUT2D eigenvalue weighted by Crippen LogP contribution is -2.54. The second kappa shape index (κ2) is 6.56. The molecule has 4 nitrogen and oxygen atoms in total. The number of aliphatic hydroxyl groups excluding tert-OH is 1. The molecule has 0 unspecified atom stereocenters. The molecule has 20 heavy (non-hydrogen) atoms. The number of piperidine rings is 1. The molecule has 116 valence electrons. The second-order valence-electron chi connectivity index (χ2n) is 6.97. The first-order valence-corrected chi connectivity index (χ1v) is 7.74. The van der Waals surface area contributed by atoms with E-state index in [1.54, 1.807) is 0 Å². The Labute approximate surface area is 122 Å². The SMILES string of the molecule is C=CCC[C@@H](O)CN1CCC2(CC1)OCC(C)(C)CO2. The Kier molecular flexibility index (Phi) is 5.24. The Morgan fingerprint density at radius 3 is 2.40 bits per heavy atom. The van der Waals surface area contributed by atoms with E-state index in [2.05, 4.69) is 25.3 Å². The molecule has 0 aromatic carbocycles. The van der Waals surface area contributed by atoms with Crippen molar-refractivity contribution in [1.29, 1.82) is 0 Å². The van der Waals surface area contributed by atoms with Gasteiger partial charge in [-0.1, -0.05) is 19.9 Å². The molecular weight excluding hydrogens is 254 g/mol. The monoisotopic (exact) mass is 283 g/mol. The molecule has 2 aliphatic heterocycles. The maximum absolute atomic E-state index is 9.95. The van der Waals surface area contributed by atoms with Crippen LogP contribution in [0.3, 0.4) is 0 Å². The van der Waals surface area contributed by atoms with Crippen LogP contribution in [0.4, 0.5) is 0 Å². The Morgan fingerprint density at radius 1 is 1.25 bits per heavy atom. The summed E-state index contributed by atoms with van der Waals surface area (Å²) in [5, 5.41) is 9.95. The Balaban J connectivity index is 1.74. The van der Waals surface area contributed by atoms with E-state index >= 15 is 0 Å². The van der Waals surface area contributed by atoms with Crippen molar-refractivity contribution in [3.05, 3.63) is 12.7 Å². The molecule has 2 heterocycles. The molecule has 0 saturated carbocycles. The van der Waals surface area contributed by atoms with E-state index in [1.165, 1.54) is 0 Å². The summed E-state index contributed by atoms with van der Waals surface area (Å²) in [6, 6.07) is 0. The van der Waals surface area contributed by atoms with E-state index < -0.39 is 0 Å². The molecule has 1 atom stereocenters. The largest absolute Gasteiger partial charge is 0.392 e. The van der Waals surface area contributed by atoms with Gasteiger partial charge in [-0.05, 0) is 12.8 Å². The summed E-state index contributed by atoms with van der Waals surface area (Å²) in [6.45, 7) is 12.2. The van der Waals surface area contributed by atoms with Gasteiger partial charge in [0, 0.05) is 37.9 Å². The smallest absolute Gasteiger partial charge is 0.170 e. The van der Waals surface area contributed by atoms with Crippen LogP contribution in [0.5, 0.6) is 0 Å². The summed E-state index contributed by atoms with van der Waals surface area (Å²) >= 11 is 0. The summed E-state index contributed by atoms with van der Waals surface area (Å²) in [5.74, 6) is -0.363. The van der Waals surface area contributed by atoms with E-state index in [1.807, 2.05) is 6.08 Å². The molecule has 2 aliphatic rings. The second-order valence-corrected chi connectivity index (χ2v) is 6.97. The van der Waals surface area contributed by atoms with E-state index in [9.17, 15) is 5.11 Å². The third-order valence-corrected chi connectivity index (χ3v) is 4.24. The molecule has 1 spiro atoms. The highest BCUT2D eigenvalue weighted by molar-refractivity contribution is 4.86. The molecule has 4 heteroatoms. The van der Waals surface area contributed by atoms with Crippen LogP contribution in [0.2, 0.25) is 0 Å². The fraction of sp³-hybridized carbons (Fsp3) is 0.875. The number of nitrogens with zero attached hydrogens (tertiary/aromatic N) is 1. The quantitative estimate of drug-likeness (QED) is 0.785. The number of allylic oxidation sites excluding steroid dienone is 1. The average molecular weight is 283 g/mol. The van der Waals surface area contributed by atoms with Crippen molar-refractivity contribution in [1.82, 2.24) is 4.90 Å². The molecular formula is C16H29NO3. The molecule has 1 N–H and O–H groups in total. The summed E-state index contributed by atoms with van der Waals surface area (Å²) in [5.41, 5.74) is 0.128. The zero-order valence-electron chi connectivity index (χ0n) is 12.9. The highest BCUT2D eigenvalue weighted by Gasteiger charge is 2.42. The topological polar surface area (TPSA) is 41.9 Å². The third kappa shape index (κ3) is 4.29. The number of rotatable bonds is 5. The maximum Gasteiger partial charge on any atom is 0.170 e. The minimum absolute atomic E-state index is 0.128. The van der Waals surface area contributed by atoms with Crippen molar-refractivity contribution >= 4 is 0 Å². The molecule has 0 aromatic rings. The van der Waals surface area contributed by atoms with Gasteiger partial charge < -0.3 is 19.5 Å². The molecule has 0 aliphatic carbocycles. The number of likely N-dealkylation sites (tertiary alicyclic amines) is 1. The lowest BCUT2D eigenvalue weighted by atomic mass is 9.92. The van der Waals surface area contributed by atoms with Crippen molar-refractivity contribution in [3.63, 3.8) is 0 Å². The Morgan fingerprint density at radius 2 is 1.85 bits per heavy atom. The van der Waals surface area contributed by atoms with Gasteiger partial charge >= 0.3 is 0 Å². The molecule has 2 rings (SSSR count). The van der Waals surface area contributed by atoms with Crippen LogP contribution >= 0.6 is 0 Å². The van der Waals surface area contributed by atoms with Crippen molar-refractivity contribution in [2.75, 3.05) is 32.8 Å². The summed E-state index contributed by atoms with van der Waals surface area (Å²) in [6.07, 6.45) is 5.08. The average Bonchev–Trinajstić information content (AvgIpc) is 2.43. The number of hydrogen-bond acceptors (Lipinski definition) is 4. The van der Waals surface area contributed by atoms with Gasteiger partial charge in [-0.2, -0.15) is 0 Å². The zero-order valence-corrected chi connectivity index (χ0v) is 12.9. The summed E-state index contributed by atoms with van der Waals surface area (Å²) < 4.78 is 12.0. The minimum atomic E-state index is -0.363. The summed E-state index contributed by atoms with van der Waals surface area (Å²) in [4.78, 5) is 2.31. The van der Waals surface area contributed by atoms with Gasteiger partial charge in [0.05, 0.1) is 19.3 Å². The normalized spacial score (nSPS) is 27.4. The Bertz CT molecular complexity index is 310. The minimum Gasteiger partial charge on any atom is -0.392 e. The number of hydrogen-bond donors (Lipinski definition) is 1. The highest BCUT2D eigenvalue weighted by Crippen LogP contribution is 2.36. The molecule has 0 bridgehead atoms. The van der Waals surface area contributed by atoms with E-state index in [-0.39, 0.29) is 17.3 Å². The highest BCUT2D eigenvalue weighted by atomic mass is 16.7. The predicted molar refractivity (Wildman–Crippen MR) is 79.5 cm³/mol. The van der Waals surface area contributed by atoms with Crippen molar-refractivity contribution < 1.29 is 14.6 Å². The van der Waals surface area contributed by atoms with Crippen LogP contribution < -0.4 is 0 Å². The molecule has 0 amide bonds. The van der Waals surface area contributed by atoms with Gasteiger partial charge in [-0.3, -0.25) is 0 Å². The van der Waals surface area contributed by atoms with E-state index in [0.717, 1.165) is 58.5 Å². The van der Waals surface area contributed by atoms with Gasteiger partial charge in [0.1, 0.15) is 0 Å². The third-order valence-electron chi connectivity index (χ3n) is 4.24. The predicted octanol–water partition coefficient (Wildman–Crippen LogP) is 2.18. The van der Waals surface area contributed by atoms with E-state index in [4.69, 9.17) is 9.47 Å². The van der Waals surface area contributed by atoms with Gasteiger partial charge in [0.15, 0.2) is 5.79 Å². The first-order chi connectivity index (χ1) is 9.45. The molecule has 0 aromatic heterocycles. The van der Waals surface area contributed by atoms with Gasteiger partial charge in [-0.15, -0.1) is 6.58 Å². The van der Waals surface area contributed by atoms with Crippen LogP contribution in [0, 0.1) is 5.41 Å². The first kappa shape index (κ1) is 16.0. The van der Waals surface area contributed by atoms with Crippen molar-refractivity contribution in [2.45, 2.75) is 51.4 Å². The zero-order chi connectivity index (χ0) is 14.6. The maximum atomic E-state index is 9.95. The number of ether oxygens (including phenoxy) is 2. The van der Waals surface area contributed by atoms with Crippen molar-refractivity contribution in [2.24, 2.45) is 5.41 Å². The lowest BCUT2D eigenvalue weighted by molar-refractivity contribution is -0.313. The first-order valence-electron chi connectivity index (χ1n) is 7.74. The summed E-state index contributed by atoms with van der Waals surface area (Å²) in [7, 11) is 0. The standard InChI is InChI=1S/C16H29NO3/c1-4-5-6-14(18)11-17-9-7-16(8-10-17)19-12-15(2,3)13-20-16/h4,14,18H,1,5-13H2,2-3H3/t14-/m1/s1. The fourth-order valence-corrected chi connectivity index (χ4v) is 2.80. The van der Waals surface area contributed by atoms with Gasteiger partial charge in [0.2, 0.25) is 0 Å². The molecule has 0 radical (unpaired) electrons. The van der Waals surface area contributed by atoms with E-state index in [0.29, 0.717) is 0 Å². The number of β-amino-alcohol motifs (C(OH)–C–C–N with tert-alkyl or cyclic N) is 1.